The minimum Gasteiger partial charge on any atom is -0.480 e. The van der Waals surface area contributed by atoms with Crippen LogP contribution in [0.3, 0.4) is 0 Å². The first-order chi connectivity index (χ1) is 7.98. The largest absolute Gasteiger partial charge is 0.480 e. The van der Waals surface area contributed by atoms with Gasteiger partial charge in [-0.15, -0.1) is 0 Å². The summed E-state index contributed by atoms with van der Waals surface area (Å²) in [6.45, 7) is 2.45. The van der Waals surface area contributed by atoms with Gasteiger partial charge in [-0.25, -0.2) is 9.59 Å². The molecule has 0 heterocycles. The molecule has 2 amide bonds. The van der Waals surface area contributed by atoms with Gasteiger partial charge in [0.2, 0.25) is 0 Å². The number of thioether (sulfide) groups is 1. The second kappa shape index (κ2) is 6.17. The standard InChI is InChI=1S/C9H15F3N2O3S/c1-8(2,6(15)16)14(3)7(17)13-4-5-18-9(10,11)12/h4-5H2,1-3H3,(H,13,17)(H,15,16). The van der Waals surface area contributed by atoms with Crippen molar-refractivity contribution in [2.75, 3.05) is 19.3 Å². The molecule has 106 valence electrons. The van der Waals surface area contributed by atoms with E-state index in [1.54, 1.807) is 0 Å². The lowest BCUT2D eigenvalue weighted by Gasteiger charge is -2.31. The van der Waals surface area contributed by atoms with Gasteiger partial charge < -0.3 is 15.3 Å². The molecule has 5 nitrogen and oxygen atoms in total. The zero-order chi connectivity index (χ0) is 14.6. The predicted molar refractivity (Wildman–Crippen MR) is 61.4 cm³/mol. The van der Waals surface area contributed by atoms with E-state index < -0.39 is 23.0 Å². The van der Waals surface area contributed by atoms with E-state index in [-0.39, 0.29) is 24.1 Å². The van der Waals surface area contributed by atoms with Gasteiger partial charge in [0.05, 0.1) is 0 Å². The van der Waals surface area contributed by atoms with Gasteiger partial charge in [-0.2, -0.15) is 13.2 Å². The van der Waals surface area contributed by atoms with Crippen molar-refractivity contribution in [3.8, 4) is 0 Å². The minimum atomic E-state index is -4.34. The second-order valence-electron chi connectivity index (χ2n) is 3.95. The molecule has 0 unspecified atom stereocenters. The van der Waals surface area contributed by atoms with Crippen LogP contribution in [0, 0.1) is 0 Å². The molecule has 0 aliphatic heterocycles. The number of carboxylic acid groups (broad SMARTS) is 1. The van der Waals surface area contributed by atoms with E-state index in [0.29, 0.717) is 0 Å². The van der Waals surface area contributed by atoms with Crippen LogP contribution in [0.25, 0.3) is 0 Å². The Labute approximate surface area is 107 Å². The quantitative estimate of drug-likeness (QED) is 0.756. The van der Waals surface area contributed by atoms with E-state index >= 15 is 0 Å². The van der Waals surface area contributed by atoms with Crippen LogP contribution in [0.4, 0.5) is 18.0 Å². The smallest absolute Gasteiger partial charge is 0.441 e. The van der Waals surface area contributed by atoms with Crippen molar-refractivity contribution in [1.29, 1.82) is 0 Å². The van der Waals surface area contributed by atoms with Crippen molar-refractivity contribution in [2.45, 2.75) is 24.9 Å². The number of hydrogen-bond donors (Lipinski definition) is 2. The fourth-order valence-corrected chi connectivity index (χ4v) is 1.28. The Morgan fingerprint density at radius 2 is 1.83 bits per heavy atom. The zero-order valence-electron chi connectivity index (χ0n) is 10.2. The molecular weight excluding hydrogens is 273 g/mol. The van der Waals surface area contributed by atoms with Crippen molar-refractivity contribution in [1.82, 2.24) is 10.2 Å². The maximum atomic E-state index is 11.8. The first kappa shape index (κ1) is 16.9. The van der Waals surface area contributed by atoms with Gasteiger partial charge in [-0.3, -0.25) is 0 Å². The topological polar surface area (TPSA) is 69.6 Å². The fraction of sp³-hybridized carbons (Fsp3) is 0.778. The van der Waals surface area contributed by atoms with Gasteiger partial charge in [-0.05, 0) is 25.6 Å². The normalized spacial score (nSPS) is 12.1. The summed E-state index contributed by atoms with van der Waals surface area (Å²) in [5.41, 5.74) is -5.77. The van der Waals surface area contributed by atoms with Crippen molar-refractivity contribution in [3.63, 3.8) is 0 Å². The Morgan fingerprint density at radius 3 is 2.22 bits per heavy atom. The third kappa shape index (κ3) is 5.48. The molecule has 0 aliphatic carbocycles. The average molecular weight is 288 g/mol. The Hall–Kier alpha value is -1.12. The molecule has 0 atom stereocenters. The molecule has 0 radical (unpaired) electrons. The molecule has 0 bridgehead atoms. The highest BCUT2D eigenvalue weighted by Crippen LogP contribution is 2.29. The van der Waals surface area contributed by atoms with Gasteiger partial charge in [0.25, 0.3) is 0 Å². The summed E-state index contributed by atoms with van der Waals surface area (Å²) in [7, 11) is 1.26. The van der Waals surface area contributed by atoms with E-state index in [4.69, 9.17) is 5.11 Å². The highest BCUT2D eigenvalue weighted by Gasteiger charge is 2.35. The van der Waals surface area contributed by atoms with Crippen LogP contribution in [0.15, 0.2) is 0 Å². The van der Waals surface area contributed by atoms with Crippen LogP contribution in [-0.2, 0) is 4.79 Å². The number of nitrogens with one attached hydrogen (secondary N) is 1. The number of halogens is 3. The van der Waals surface area contributed by atoms with Gasteiger partial charge in [-0.1, -0.05) is 0 Å². The SMILES string of the molecule is CN(C(=O)NCCSC(F)(F)F)C(C)(C)C(=O)O. The van der Waals surface area contributed by atoms with Gasteiger partial charge in [0, 0.05) is 19.3 Å². The molecule has 2 N–H and O–H groups in total. The average Bonchev–Trinajstić information content (AvgIpc) is 2.21. The first-order valence-electron chi connectivity index (χ1n) is 4.94. The van der Waals surface area contributed by atoms with Crippen molar-refractivity contribution < 1.29 is 27.9 Å². The highest BCUT2D eigenvalue weighted by molar-refractivity contribution is 8.00. The minimum absolute atomic E-state index is 0.191. The molecule has 18 heavy (non-hydrogen) atoms. The Bertz CT molecular complexity index is 321. The zero-order valence-corrected chi connectivity index (χ0v) is 11.0. The molecule has 0 fully saturated rings. The van der Waals surface area contributed by atoms with Crippen LogP contribution in [0.1, 0.15) is 13.8 Å². The maximum absolute atomic E-state index is 11.8. The summed E-state index contributed by atoms with van der Waals surface area (Å²) >= 11 is -0.248. The third-order valence-electron chi connectivity index (χ3n) is 2.31. The molecule has 0 saturated carbocycles. The van der Waals surface area contributed by atoms with E-state index in [1.807, 2.05) is 0 Å². The van der Waals surface area contributed by atoms with Gasteiger partial charge in [0.15, 0.2) is 0 Å². The number of carbonyl (C=O) groups is 2. The molecule has 0 spiro atoms. The number of carbonyl (C=O) groups excluding carboxylic acids is 1. The molecule has 0 aliphatic rings. The number of rotatable bonds is 5. The summed E-state index contributed by atoms with van der Waals surface area (Å²) < 4.78 is 35.4. The summed E-state index contributed by atoms with van der Waals surface area (Å²) in [5, 5.41) is 11.1. The first-order valence-corrected chi connectivity index (χ1v) is 5.93. The Kier molecular flexibility index (Phi) is 5.78. The summed E-state index contributed by atoms with van der Waals surface area (Å²) in [6.07, 6.45) is 0. The maximum Gasteiger partial charge on any atom is 0.441 e. The van der Waals surface area contributed by atoms with Gasteiger partial charge in [0.1, 0.15) is 5.54 Å². The predicted octanol–water partition coefficient (Wildman–Crippen LogP) is 1.74. The van der Waals surface area contributed by atoms with E-state index in [0.717, 1.165) is 4.90 Å². The number of hydrogen-bond acceptors (Lipinski definition) is 3. The van der Waals surface area contributed by atoms with Crippen LogP contribution >= 0.6 is 11.8 Å². The Balaban J connectivity index is 4.15. The number of alkyl halides is 3. The number of carboxylic acids is 1. The third-order valence-corrected chi connectivity index (χ3v) is 3.05. The van der Waals surface area contributed by atoms with Crippen LogP contribution in [0.5, 0.6) is 0 Å². The fourth-order valence-electron chi connectivity index (χ4n) is 0.841. The number of aliphatic carboxylic acids is 1. The lowest BCUT2D eigenvalue weighted by molar-refractivity contribution is -0.146. The van der Waals surface area contributed by atoms with Gasteiger partial charge >= 0.3 is 17.5 Å². The number of amides is 2. The second-order valence-corrected chi connectivity index (χ2v) is 5.11. The molecule has 0 aromatic rings. The summed E-state index contributed by atoms with van der Waals surface area (Å²) in [5.74, 6) is -1.53. The Morgan fingerprint density at radius 1 is 1.33 bits per heavy atom. The van der Waals surface area contributed by atoms with E-state index in [9.17, 15) is 22.8 Å². The van der Waals surface area contributed by atoms with Crippen LogP contribution < -0.4 is 5.32 Å². The van der Waals surface area contributed by atoms with Crippen molar-refractivity contribution in [3.05, 3.63) is 0 Å². The number of likely N-dealkylation sites (N-methyl/N-ethyl adjacent to an activating group) is 1. The summed E-state index contributed by atoms with van der Waals surface area (Å²) in [6, 6.07) is -0.731. The molecule has 0 aromatic carbocycles. The van der Waals surface area contributed by atoms with Crippen molar-refractivity contribution in [2.24, 2.45) is 0 Å². The monoisotopic (exact) mass is 288 g/mol. The number of nitrogens with zero attached hydrogens (tertiary/aromatic N) is 1. The highest BCUT2D eigenvalue weighted by atomic mass is 32.2. The molecule has 0 saturated heterocycles. The van der Waals surface area contributed by atoms with E-state index in [2.05, 4.69) is 5.32 Å². The molecule has 0 aromatic heterocycles. The van der Waals surface area contributed by atoms with Crippen molar-refractivity contribution >= 4 is 23.8 Å². The molecular formula is C9H15F3N2O3S. The lowest BCUT2D eigenvalue weighted by atomic mass is 10.1. The van der Waals surface area contributed by atoms with Crippen LogP contribution in [0.2, 0.25) is 0 Å². The number of urea groups is 1. The molecule has 0 rings (SSSR count). The summed E-state index contributed by atoms with van der Waals surface area (Å²) in [4.78, 5) is 23.3. The molecule has 9 heteroatoms. The van der Waals surface area contributed by atoms with E-state index in [1.165, 1.54) is 20.9 Å². The lowest BCUT2D eigenvalue weighted by Crippen LogP contribution is -2.54. The van der Waals surface area contributed by atoms with Crippen LogP contribution in [-0.4, -0.2) is 52.4 Å².